The summed E-state index contributed by atoms with van der Waals surface area (Å²) in [6.07, 6.45) is 0.785. The summed E-state index contributed by atoms with van der Waals surface area (Å²) in [6, 6.07) is 14.2. The summed E-state index contributed by atoms with van der Waals surface area (Å²) >= 11 is 5.87. The monoisotopic (exact) mass is 375 g/mol. The molecule has 1 saturated heterocycles. The number of benzene rings is 2. The van der Waals surface area contributed by atoms with Crippen molar-refractivity contribution in [3.8, 4) is 0 Å². The van der Waals surface area contributed by atoms with E-state index < -0.39 is 0 Å². The standard InChI is InChI=1S/C20H23ClFN3O/c21-18-5-1-16(2-6-18)9-10-23-20(26)25-13-11-24(12-14-25)15-17-3-7-19(22)8-4-17/h1-8H,9-15H2,(H,23,26). The molecule has 0 spiro atoms. The lowest BCUT2D eigenvalue weighted by Crippen LogP contribution is -2.51. The second kappa shape index (κ2) is 9.01. The molecule has 0 bridgehead atoms. The van der Waals surface area contributed by atoms with E-state index in [-0.39, 0.29) is 11.8 Å². The zero-order valence-corrected chi connectivity index (χ0v) is 15.4. The maximum atomic E-state index is 13.0. The van der Waals surface area contributed by atoms with Gasteiger partial charge in [0.2, 0.25) is 0 Å². The minimum Gasteiger partial charge on any atom is -0.338 e. The Hall–Kier alpha value is -2.11. The molecule has 4 nitrogen and oxygen atoms in total. The van der Waals surface area contributed by atoms with Crippen LogP contribution in [-0.4, -0.2) is 48.6 Å². The molecule has 0 radical (unpaired) electrons. The van der Waals surface area contributed by atoms with Crippen molar-refractivity contribution in [2.75, 3.05) is 32.7 Å². The minimum absolute atomic E-state index is 0.0135. The van der Waals surface area contributed by atoms with Gasteiger partial charge in [-0.15, -0.1) is 0 Å². The molecule has 1 fully saturated rings. The number of halogens is 2. The van der Waals surface area contributed by atoms with E-state index >= 15 is 0 Å². The molecule has 3 rings (SSSR count). The predicted octanol–water partition coefficient (Wildman–Crippen LogP) is 3.55. The van der Waals surface area contributed by atoms with Crippen LogP contribution in [0.3, 0.4) is 0 Å². The smallest absolute Gasteiger partial charge is 0.317 e. The average Bonchev–Trinajstić information content (AvgIpc) is 2.66. The van der Waals surface area contributed by atoms with Crippen LogP contribution in [0.2, 0.25) is 5.02 Å². The van der Waals surface area contributed by atoms with Gasteiger partial charge in [0.15, 0.2) is 0 Å². The molecule has 0 aliphatic carbocycles. The molecule has 0 atom stereocenters. The topological polar surface area (TPSA) is 35.6 Å². The Morgan fingerprint density at radius 2 is 1.58 bits per heavy atom. The summed E-state index contributed by atoms with van der Waals surface area (Å²) in [6.45, 7) is 4.44. The van der Waals surface area contributed by atoms with Gasteiger partial charge < -0.3 is 10.2 Å². The number of rotatable bonds is 5. The molecule has 1 aliphatic heterocycles. The van der Waals surface area contributed by atoms with Crippen LogP contribution in [-0.2, 0) is 13.0 Å². The lowest BCUT2D eigenvalue weighted by molar-refractivity contribution is 0.135. The highest BCUT2D eigenvalue weighted by atomic mass is 35.5. The van der Waals surface area contributed by atoms with Crippen molar-refractivity contribution in [1.29, 1.82) is 0 Å². The number of nitrogens with zero attached hydrogens (tertiary/aromatic N) is 2. The molecule has 2 amide bonds. The fourth-order valence-electron chi connectivity index (χ4n) is 3.03. The van der Waals surface area contributed by atoms with E-state index in [9.17, 15) is 9.18 Å². The van der Waals surface area contributed by atoms with Crippen molar-refractivity contribution in [1.82, 2.24) is 15.1 Å². The number of hydrogen-bond donors (Lipinski definition) is 1. The highest BCUT2D eigenvalue weighted by Gasteiger charge is 2.20. The number of hydrogen-bond acceptors (Lipinski definition) is 2. The number of amides is 2. The molecule has 6 heteroatoms. The van der Waals surface area contributed by atoms with Gasteiger partial charge in [-0.25, -0.2) is 9.18 Å². The van der Waals surface area contributed by atoms with Crippen molar-refractivity contribution in [2.45, 2.75) is 13.0 Å². The van der Waals surface area contributed by atoms with Crippen LogP contribution in [0.5, 0.6) is 0 Å². The van der Waals surface area contributed by atoms with Gasteiger partial charge in [-0.3, -0.25) is 4.90 Å². The summed E-state index contributed by atoms with van der Waals surface area (Å²) in [4.78, 5) is 16.4. The van der Waals surface area contributed by atoms with Crippen molar-refractivity contribution in [3.05, 3.63) is 70.5 Å². The van der Waals surface area contributed by atoms with E-state index in [1.54, 1.807) is 0 Å². The highest BCUT2D eigenvalue weighted by Crippen LogP contribution is 2.11. The average molecular weight is 376 g/mol. The second-order valence-corrected chi connectivity index (χ2v) is 6.93. The lowest BCUT2D eigenvalue weighted by atomic mass is 10.1. The van der Waals surface area contributed by atoms with Crippen molar-refractivity contribution in [3.63, 3.8) is 0 Å². The van der Waals surface area contributed by atoms with Gasteiger partial charge in [0.1, 0.15) is 5.82 Å². The molecular weight excluding hydrogens is 353 g/mol. The molecular formula is C20H23ClFN3O. The van der Waals surface area contributed by atoms with Gasteiger partial charge in [0.25, 0.3) is 0 Å². The van der Waals surface area contributed by atoms with Crippen molar-refractivity contribution >= 4 is 17.6 Å². The van der Waals surface area contributed by atoms with E-state index in [0.29, 0.717) is 19.6 Å². The first-order valence-corrected chi connectivity index (χ1v) is 9.22. The molecule has 2 aromatic carbocycles. The zero-order valence-electron chi connectivity index (χ0n) is 14.6. The van der Waals surface area contributed by atoms with Gasteiger partial charge in [0, 0.05) is 44.3 Å². The first kappa shape index (κ1) is 18.7. The molecule has 1 heterocycles. The molecule has 0 aromatic heterocycles. The van der Waals surface area contributed by atoms with E-state index in [2.05, 4.69) is 10.2 Å². The Morgan fingerprint density at radius 3 is 2.23 bits per heavy atom. The van der Waals surface area contributed by atoms with Crippen LogP contribution >= 0.6 is 11.6 Å². The number of urea groups is 1. The van der Waals surface area contributed by atoms with Crippen LogP contribution in [0.25, 0.3) is 0 Å². The first-order chi connectivity index (χ1) is 12.6. The molecule has 0 unspecified atom stereocenters. The Morgan fingerprint density at radius 1 is 0.962 bits per heavy atom. The molecule has 2 aromatic rings. The van der Waals surface area contributed by atoms with Gasteiger partial charge in [-0.05, 0) is 41.8 Å². The van der Waals surface area contributed by atoms with Crippen molar-refractivity contribution < 1.29 is 9.18 Å². The summed E-state index contributed by atoms with van der Waals surface area (Å²) in [5.74, 6) is -0.214. The van der Waals surface area contributed by atoms with Crippen LogP contribution in [0.4, 0.5) is 9.18 Å². The zero-order chi connectivity index (χ0) is 18.4. The van der Waals surface area contributed by atoms with E-state index in [0.717, 1.165) is 42.2 Å². The van der Waals surface area contributed by atoms with Gasteiger partial charge in [-0.1, -0.05) is 35.9 Å². The number of piperazine rings is 1. The Balaban J connectivity index is 1.37. The summed E-state index contributed by atoms with van der Waals surface area (Å²) in [5, 5.41) is 3.70. The number of carbonyl (C=O) groups excluding carboxylic acids is 1. The molecule has 1 N–H and O–H groups in total. The van der Waals surface area contributed by atoms with Crippen LogP contribution in [0.1, 0.15) is 11.1 Å². The van der Waals surface area contributed by atoms with Crippen LogP contribution in [0, 0.1) is 5.82 Å². The lowest BCUT2D eigenvalue weighted by Gasteiger charge is -2.34. The Bertz CT molecular complexity index is 713. The van der Waals surface area contributed by atoms with E-state index in [1.807, 2.05) is 41.3 Å². The van der Waals surface area contributed by atoms with Gasteiger partial charge in [-0.2, -0.15) is 0 Å². The van der Waals surface area contributed by atoms with E-state index in [4.69, 9.17) is 11.6 Å². The SMILES string of the molecule is O=C(NCCc1ccc(Cl)cc1)N1CCN(Cc2ccc(F)cc2)CC1. The summed E-state index contributed by atoms with van der Waals surface area (Å²) < 4.78 is 13.0. The summed E-state index contributed by atoms with van der Waals surface area (Å²) in [5.41, 5.74) is 2.24. The largest absolute Gasteiger partial charge is 0.338 e. The Labute approximate surface area is 158 Å². The molecule has 138 valence electrons. The molecule has 1 aliphatic rings. The number of carbonyl (C=O) groups is 1. The van der Waals surface area contributed by atoms with Gasteiger partial charge >= 0.3 is 6.03 Å². The third-order valence-corrected chi connectivity index (χ3v) is 4.83. The second-order valence-electron chi connectivity index (χ2n) is 6.50. The highest BCUT2D eigenvalue weighted by molar-refractivity contribution is 6.30. The molecule has 0 saturated carbocycles. The van der Waals surface area contributed by atoms with E-state index in [1.165, 1.54) is 12.1 Å². The van der Waals surface area contributed by atoms with Crippen LogP contribution in [0.15, 0.2) is 48.5 Å². The first-order valence-electron chi connectivity index (χ1n) is 8.84. The summed E-state index contributed by atoms with van der Waals surface area (Å²) in [7, 11) is 0. The number of nitrogens with one attached hydrogen (secondary N) is 1. The normalized spacial score (nSPS) is 15.1. The predicted molar refractivity (Wildman–Crippen MR) is 102 cm³/mol. The third kappa shape index (κ3) is 5.44. The van der Waals surface area contributed by atoms with Gasteiger partial charge in [0.05, 0.1) is 0 Å². The fraction of sp³-hybridized carbons (Fsp3) is 0.350. The maximum absolute atomic E-state index is 13.0. The fourth-order valence-corrected chi connectivity index (χ4v) is 3.16. The molecule has 26 heavy (non-hydrogen) atoms. The third-order valence-electron chi connectivity index (χ3n) is 4.58. The quantitative estimate of drug-likeness (QED) is 0.867. The van der Waals surface area contributed by atoms with Crippen molar-refractivity contribution in [2.24, 2.45) is 0 Å². The minimum atomic E-state index is -0.214. The van der Waals surface area contributed by atoms with Crippen LogP contribution < -0.4 is 5.32 Å². The maximum Gasteiger partial charge on any atom is 0.317 e. The Kier molecular flexibility index (Phi) is 6.47.